The molecule has 36 heavy (non-hydrogen) atoms. The number of ether oxygens (including phenoxy) is 3. The number of hydrogen-bond acceptors (Lipinski definition) is 6. The summed E-state index contributed by atoms with van der Waals surface area (Å²) in [6, 6.07) is 4.81. The van der Waals surface area contributed by atoms with Crippen molar-refractivity contribution in [1.82, 2.24) is 4.90 Å². The number of likely N-dealkylation sites (N-methyl/N-ethyl adjacent to an activating group) is 1. The summed E-state index contributed by atoms with van der Waals surface area (Å²) < 4.78 is 19.9. The number of hydrogen-bond donors (Lipinski definition) is 3. The van der Waals surface area contributed by atoms with Crippen LogP contribution in [0.4, 0.5) is 0 Å². The van der Waals surface area contributed by atoms with E-state index in [4.69, 9.17) is 25.7 Å². The van der Waals surface area contributed by atoms with Crippen molar-refractivity contribution in [3.05, 3.63) is 23.3 Å². The minimum atomic E-state index is -0.856. The smallest absolute Gasteiger partial charge is 0.185 e. The van der Waals surface area contributed by atoms with Crippen LogP contribution < -0.4 is 20.9 Å². The summed E-state index contributed by atoms with van der Waals surface area (Å²) in [7, 11) is 4.11. The van der Waals surface area contributed by atoms with Gasteiger partial charge in [-0.3, -0.25) is 4.99 Å². The van der Waals surface area contributed by atoms with E-state index in [0.717, 1.165) is 63.0 Å². The SMILES string of the molecule is CO[C@@]12CC[C@@]3(C[C@@H]1C(C)(C)O)[C@H]1Cc4ccc(OCCCCN=C(N)N)c5c4[C@@]3(CCN1C)[C@H]2O5. The van der Waals surface area contributed by atoms with E-state index >= 15 is 0 Å². The molecule has 0 radical (unpaired) electrons. The standard InChI is InChI=1S/C28H42N4O4/c1-25(2,33)19-16-26-9-10-28(19,34-4)23-27(26)11-13-32(3)20(26)15-17-7-8-18(22(36-23)21(17)27)35-14-6-5-12-31-24(29)30/h7-8,19-20,23,33H,5-6,9-16H2,1-4H3,(H4,29,30,31)/t19-,20-,23-,26-,27+,28+/m1/s1. The maximum Gasteiger partial charge on any atom is 0.185 e. The van der Waals surface area contributed by atoms with E-state index in [1.807, 2.05) is 21.0 Å². The summed E-state index contributed by atoms with van der Waals surface area (Å²) in [5, 5.41) is 11.4. The van der Waals surface area contributed by atoms with E-state index in [1.165, 1.54) is 11.1 Å². The van der Waals surface area contributed by atoms with Crippen LogP contribution >= 0.6 is 0 Å². The second-order valence-electron chi connectivity index (χ2n) is 12.4. The summed E-state index contributed by atoms with van der Waals surface area (Å²) in [5.41, 5.74) is 12.2. The topological polar surface area (TPSA) is 116 Å². The lowest BCUT2D eigenvalue weighted by molar-refractivity contribution is -0.298. The maximum absolute atomic E-state index is 11.4. The largest absolute Gasteiger partial charge is 0.490 e. The predicted molar refractivity (Wildman–Crippen MR) is 138 cm³/mol. The zero-order valence-corrected chi connectivity index (χ0v) is 22.2. The van der Waals surface area contributed by atoms with E-state index in [2.05, 4.69) is 29.1 Å². The van der Waals surface area contributed by atoms with Gasteiger partial charge >= 0.3 is 0 Å². The number of benzene rings is 1. The molecular formula is C28H42N4O4. The number of methoxy groups -OCH3 is 1. The molecule has 2 aliphatic heterocycles. The van der Waals surface area contributed by atoms with Gasteiger partial charge in [-0.25, -0.2) is 0 Å². The van der Waals surface area contributed by atoms with Crippen molar-refractivity contribution in [2.45, 2.75) is 87.6 Å². The molecule has 198 valence electrons. The average Bonchev–Trinajstić information content (AvgIpc) is 3.20. The van der Waals surface area contributed by atoms with Gasteiger partial charge in [0.25, 0.3) is 0 Å². The molecule has 1 saturated heterocycles. The first-order valence-electron chi connectivity index (χ1n) is 13.6. The van der Waals surface area contributed by atoms with E-state index in [-0.39, 0.29) is 28.8 Å². The van der Waals surface area contributed by atoms with Gasteiger partial charge in [-0.15, -0.1) is 0 Å². The van der Waals surface area contributed by atoms with E-state index in [1.54, 1.807) is 0 Å². The Balaban J connectivity index is 1.41. The molecule has 0 aromatic heterocycles. The Morgan fingerprint density at radius 3 is 2.78 bits per heavy atom. The number of nitrogens with two attached hydrogens (primary N) is 2. The molecule has 2 heterocycles. The monoisotopic (exact) mass is 498 g/mol. The second-order valence-corrected chi connectivity index (χ2v) is 12.4. The van der Waals surface area contributed by atoms with Crippen LogP contribution in [0.3, 0.4) is 0 Å². The molecule has 4 aliphatic carbocycles. The lowest BCUT2D eigenvalue weighted by atomic mass is 9.34. The number of likely N-dealkylation sites (tertiary alicyclic amines) is 1. The van der Waals surface area contributed by atoms with Crippen LogP contribution in [0, 0.1) is 11.3 Å². The van der Waals surface area contributed by atoms with Crippen molar-refractivity contribution in [3.63, 3.8) is 0 Å². The Morgan fingerprint density at radius 1 is 1.25 bits per heavy atom. The van der Waals surface area contributed by atoms with E-state index < -0.39 is 11.2 Å². The molecule has 4 bridgehead atoms. The highest BCUT2D eigenvalue weighted by molar-refractivity contribution is 5.75. The fourth-order valence-corrected chi connectivity index (χ4v) is 9.22. The fourth-order valence-electron chi connectivity index (χ4n) is 9.22. The fraction of sp³-hybridized carbons (Fsp3) is 0.750. The first-order valence-corrected chi connectivity index (χ1v) is 13.6. The highest BCUT2D eigenvalue weighted by atomic mass is 16.6. The summed E-state index contributed by atoms with van der Waals surface area (Å²) >= 11 is 0. The molecule has 0 amide bonds. The zero-order chi connectivity index (χ0) is 25.5. The lowest BCUT2D eigenvalue weighted by Gasteiger charge is -2.74. The number of nitrogens with zero attached hydrogens (tertiary/aromatic N) is 2. The van der Waals surface area contributed by atoms with E-state index in [0.29, 0.717) is 19.2 Å². The average molecular weight is 499 g/mol. The number of guanidine groups is 1. The Kier molecular flexibility index (Phi) is 5.39. The van der Waals surface area contributed by atoms with Gasteiger partial charge in [-0.1, -0.05) is 6.07 Å². The van der Waals surface area contributed by atoms with Crippen LogP contribution in [0.1, 0.15) is 63.5 Å². The lowest BCUT2D eigenvalue weighted by Crippen LogP contribution is -2.82. The van der Waals surface area contributed by atoms with Crippen LogP contribution in [-0.4, -0.2) is 73.2 Å². The molecule has 2 spiro atoms. The molecule has 5 N–H and O–H groups in total. The predicted octanol–water partition coefficient (Wildman–Crippen LogP) is 2.33. The van der Waals surface area contributed by atoms with Crippen LogP contribution in [0.25, 0.3) is 0 Å². The van der Waals surface area contributed by atoms with Crippen molar-refractivity contribution in [2.75, 3.05) is 33.9 Å². The molecular weight excluding hydrogens is 456 g/mol. The summed E-state index contributed by atoms with van der Waals surface area (Å²) in [4.78, 5) is 6.64. The van der Waals surface area contributed by atoms with Crippen molar-refractivity contribution < 1.29 is 19.3 Å². The highest BCUT2D eigenvalue weighted by Gasteiger charge is 2.81. The highest BCUT2D eigenvalue weighted by Crippen LogP contribution is 2.77. The van der Waals surface area contributed by atoms with E-state index in [9.17, 15) is 5.11 Å². The summed E-state index contributed by atoms with van der Waals surface area (Å²) in [6.45, 7) is 6.15. The third kappa shape index (κ3) is 2.95. The van der Waals surface area contributed by atoms with Crippen LogP contribution in [0.15, 0.2) is 17.1 Å². The number of unbranched alkanes of at least 4 members (excludes halogenated alkanes) is 1. The van der Waals surface area contributed by atoms with Crippen LogP contribution in [0.2, 0.25) is 0 Å². The second kappa shape index (κ2) is 7.98. The van der Waals surface area contributed by atoms with Crippen molar-refractivity contribution in [3.8, 4) is 11.5 Å². The number of fused-ring (bicyclic) bond motifs is 2. The van der Waals surface area contributed by atoms with Gasteiger partial charge in [-0.2, -0.15) is 0 Å². The van der Waals surface area contributed by atoms with Crippen molar-refractivity contribution in [2.24, 2.45) is 27.8 Å². The van der Waals surface area contributed by atoms with Crippen LogP contribution in [-0.2, 0) is 16.6 Å². The maximum atomic E-state index is 11.4. The normalized spacial score (nSPS) is 37.9. The van der Waals surface area contributed by atoms with Gasteiger partial charge < -0.3 is 35.7 Å². The zero-order valence-electron chi connectivity index (χ0n) is 22.2. The van der Waals surface area contributed by atoms with Gasteiger partial charge in [-0.05, 0) is 84.0 Å². The van der Waals surface area contributed by atoms with Crippen LogP contribution in [0.5, 0.6) is 11.5 Å². The molecule has 8 nitrogen and oxygen atoms in total. The Bertz CT molecular complexity index is 1080. The van der Waals surface area contributed by atoms with Gasteiger partial charge in [0.2, 0.25) is 0 Å². The molecule has 6 aliphatic rings. The molecule has 4 fully saturated rings. The summed E-state index contributed by atoms with van der Waals surface area (Å²) in [5.74, 6) is 1.89. The Hall–Kier alpha value is -2.03. The van der Waals surface area contributed by atoms with Crippen molar-refractivity contribution >= 4 is 5.96 Å². The number of rotatable bonds is 8. The molecule has 1 aromatic rings. The van der Waals surface area contributed by atoms with Crippen molar-refractivity contribution in [1.29, 1.82) is 0 Å². The quantitative estimate of drug-likeness (QED) is 0.286. The molecule has 0 unspecified atom stereocenters. The third-order valence-corrected chi connectivity index (χ3v) is 10.6. The van der Waals surface area contributed by atoms with Gasteiger partial charge in [0.15, 0.2) is 17.5 Å². The Morgan fingerprint density at radius 2 is 2.06 bits per heavy atom. The Labute approximate surface area is 214 Å². The van der Waals surface area contributed by atoms with Gasteiger partial charge in [0, 0.05) is 42.0 Å². The minimum Gasteiger partial charge on any atom is -0.490 e. The molecule has 3 saturated carbocycles. The van der Waals surface area contributed by atoms with Gasteiger partial charge in [0.05, 0.1) is 12.2 Å². The molecule has 1 aromatic carbocycles. The minimum absolute atomic E-state index is 0.00615. The summed E-state index contributed by atoms with van der Waals surface area (Å²) in [6.07, 6.45) is 6.67. The molecule has 8 heteroatoms. The molecule has 7 rings (SSSR count). The first kappa shape index (κ1) is 24.3. The van der Waals surface area contributed by atoms with Gasteiger partial charge in [0.1, 0.15) is 11.7 Å². The first-order chi connectivity index (χ1) is 17.1. The number of aliphatic imine (C=N–C) groups is 1. The third-order valence-electron chi connectivity index (χ3n) is 10.6. The number of aliphatic hydroxyl groups is 1. The number of piperidine rings is 1. The molecule has 6 atom stereocenters.